The monoisotopic (exact) mass is 352 g/mol. The van der Waals surface area contributed by atoms with E-state index in [2.05, 4.69) is 48.2 Å². The van der Waals surface area contributed by atoms with Crippen LogP contribution in [0.15, 0.2) is 53.6 Å². The number of aromatic nitrogens is 3. The number of para-hydroxylation sites is 1. The SMILES string of the molecule is CC(C)(C)c1ccc(-c2n[nH]c(=S)n2N=Cc2ccccc2O)cc1. The zero-order valence-corrected chi connectivity index (χ0v) is 15.2. The maximum Gasteiger partial charge on any atom is 0.216 e. The van der Waals surface area contributed by atoms with Crippen LogP contribution in [0.4, 0.5) is 0 Å². The molecule has 1 heterocycles. The molecule has 0 fully saturated rings. The summed E-state index contributed by atoms with van der Waals surface area (Å²) in [6.07, 6.45) is 1.56. The number of phenols is 1. The number of hydrogen-bond donors (Lipinski definition) is 2. The second-order valence-corrected chi connectivity index (χ2v) is 7.18. The molecule has 0 saturated carbocycles. The molecule has 3 rings (SSSR count). The maximum absolute atomic E-state index is 9.85. The molecule has 128 valence electrons. The third-order valence-corrected chi connectivity index (χ3v) is 4.17. The van der Waals surface area contributed by atoms with Gasteiger partial charge in [-0.3, -0.25) is 0 Å². The summed E-state index contributed by atoms with van der Waals surface area (Å²) >= 11 is 5.27. The van der Waals surface area contributed by atoms with Crippen LogP contribution in [0.2, 0.25) is 0 Å². The van der Waals surface area contributed by atoms with Crippen molar-refractivity contribution < 1.29 is 5.11 Å². The lowest BCUT2D eigenvalue weighted by molar-refractivity contribution is 0.474. The Morgan fingerprint density at radius 1 is 1.12 bits per heavy atom. The Morgan fingerprint density at radius 2 is 1.80 bits per heavy atom. The molecule has 0 atom stereocenters. The van der Waals surface area contributed by atoms with Crippen LogP contribution in [0.25, 0.3) is 11.4 Å². The Balaban J connectivity index is 1.97. The van der Waals surface area contributed by atoms with Crippen LogP contribution in [0.1, 0.15) is 31.9 Å². The summed E-state index contributed by atoms with van der Waals surface area (Å²) in [5, 5.41) is 21.3. The van der Waals surface area contributed by atoms with E-state index in [0.717, 1.165) is 5.56 Å². The number of nitrogens with one attached hydrogen (secondary N) is 1. The summed E-state index contributed by atoms with van der Waals surface area (Å²) in [4.78, 5) is 0. The van der Waals surface area contributed by atoms with Crippen molar-refractivity contribution in [1.82, 2.24) is 14.9 Å². The predicted octanol–water partition coefficient (Wildman–Crippen LogP) is 4.49. The van der Waals surface area contributed by atoms with E-state index in [-0.39, 0.29) is 11.2 Å². The van der Waals surface area contributed by atoms with Crippen LogP contribution >= 0.6 is 12.2 Å². The van der Waals surface area contributed by atoms with E-state index >= 15 is 0 Å². The average Bonchev–Trinajstić information content (AvgIpc) is 2.94. The summed E-state index contributed by atoms with van der Waals surface area (Å²) < 4.78 is 1.94. The van der Waals surface area contributed by atoms with Crippen molar-refractivity contribution in [2.24, 2.45) is 5.10 Å². The fourth-order valence-corrected chi connectivity index (χ4v) is 2.60. The summed E-state index contributed by atoms with van der Waals surface area (Å²) in [6, 6.07) is 15.2. The molecule has 0 amide bonds. The Labute approximate surface area is 151 Å². The number of aromatic hydroxyl groups is 1. The fourth-order valence-electron chi connectivity index (χ4n) is 2.42. The van der Waals surface area contributed by atoms with Gasteiger partial charge in [-0.25, -0.2) is 5.10 Å². The van der Waals surface area contributed by atoms with Gasteiger partial charge in [-0.1, -0.05) is 57.2 Å². The van der Waals surface area contributed by atoms with Gasteiger partial charge in [0, 0.05) is 11.1 Å². The molecule has 0 aliphatic carbocycles. The van der Waals surface area contributed by atoms with Crippen LogP contribution in [-0.4, -0.2) is 26.2 Å². The van der Waals surface area contributed by atoms with Gasteiger partial charge in [-0.2, -0.15) is 14.9 Å². The molecule has 2 aromatic carbocycles. The molecular weight excluding hydrogens is 332 g/mol. The number of hydrogen-bond acceptors (Lipinski definition) is 4. The van der Waals surface area contributed by atoms with Crippen molar-refractivity contribution in [2.45, 2.75) is 26.2 Å². The van der Waals surface area contributed by atoms with Gasteiger partial charge in [0.05, 0.1) is 6.21 Å². The smallest absolute Gasteiger partial charge is 0.216 e. The van der Waals surface area contributed by atoms with E-state index in [1.165, 1.54) is 5.56 Å². The van der Waals surface area contributed by atoms with Crippen LogP contribution in [0.5, 0.6) is 5.75 Å². The minimum absolute atomic E-state index is 0.0895. The molecule has 3 aromatic rings. The molecule has 0 unspecified atom stereocenters. The fraction of sp³-hybridized carbons (Fsp3) is 0.211. The van der Waals surface area contributed by atoms with Gasteiger partial charge in [-0.15, -0.1) is 0 Å². The van der Waals surface area contributed by atoms with Crippen molar-refractivity contribution in [3.05, 3.63) is 64.4 Å². The maximum atomic E-state index is 9.85. The molecule has 0 aliphatic rings. The zero-order valence-electron chi connectivity index (χ0n) is 14.4. The number of phenolic OH excluding ortho intramolecular Hbond substituents is 1. The third kappa shape index (κ3) is 3.69. The summed E-state index contributed by atoms with van der Waals surface area (Å²) in [5.74, 6) is 0.787. The van der Waals surface area contributed by atoms with Gasteiger partial charge in [0.2, 0.25) is 4.77 Å². The summed E-state index contributed by atoms with van der Waals surface area (Å²) in [7, 11) is 0. The Bertz CT molecular complexity index is 962. The number of rotatable bonds is 3. The average molecular weight is 352 g/mol. The van der Waals surface area contributed by atoms with E-state index in [1.54, 1.807) is 29.1 Å². The number of benzene rings is 2. The van der Waals surface area contributed by atoms with Gasteiger partial charge >= 0.3 is 0 Å². The molecule has 0 spiro atoms. The number of nitrogens with zero attached hydrogens (tertiary/aromatic N) is 3. The van der Waals surface area contributed by atoms with E-state index in [1.807, 2.05) is 18.2 Å². The van der Waals surface area contributed by atoms with E-state index < -0.39 is 0 Å². The third-order valence-electron chi connectivity index (χ3n) is 3.91. The highest BCUT2D eigenvalue weighted by atomic mass is 32.1. The van der Waals surface area contributed by atoms with Crippen molar-refractivity contribution in [2.75, 3.05) is 0 Å². The predicted molar refractivity (Wildman–Crippen MR) is 103 cm³/mol. The second kappa shape index (κ2) is 6.64. The highest BCUT2D eigenvalue weighted by Gasteiger charge is 2.14. The summed E-state index contributed by atoms with van der Waals surface area (Å²) in [5.41, 5.74) is 2.86. The Hall–Kier alpha value is -2.73. The molecule has 6 heteroatoms. The number of aromatic amines is 1. The van der Waals surface area contributed by atoms with E-state index in [0.29, 0.717) is 16.2 Å². The van der Waals surface area contributed by atoms with Crippen LogP contribution in [-0.2, 0) is 5.41 Å². The molecule has 0 aliphatic heterocycles. The molecule has 0 bridgehead atoms. The van der Waals surface area contributed by atoms with Crippen molar-refractivity contribution in [1.29, 1.82) is 0 Å². The first-order chi connectivity index (χ1) is 11.9. The van der Waals surface area contributed by atoms with Gasteiger partial charge in [-0.05, 0) is 35.3 Å². The van der Waals surface area contributed by atoms with Crippen LogP contribution < -0.4 is 0 Å². The normalized spacial score (nSPS) is 12.0. The zero-order chi connectivity index (χ0) is 18.0. The molecule has 0 radical (unpaired) electrons. The lowest BCUT2D eigenvalue weighted by Crippen LogP contribution is -2.10. The lowest BCUT2D eigenvalue weighted by atomic mass is 9.87. The first kappa shape index (κ1) is 17.1. The van der Waals surface area contributed by atoms with Crippen LogP contribution in [0, 0.1) is 4.77 Å². The highest BCUT2D eigenvalue weighted by molar-refractivity contribution is 7.71. The molecular formula is C19H20N4OS. The Kier molecular flexibility index (Phi) is 4.55. The molecule has 0 saturated heterocycles. The Morgan fingerprint density at radius 3 is 2.44 bits per heavy atom. The minimum Gasteiger partial charge on any atom is -0.507 e. The highest BCUT2D eigenvalue weighted by Crippen LogP contribution is 2.25. The van der Waals surface area contributed by atoms with Crippen molar-refractivity contribution in [3.8, 4) is 17.1 Å². The lowest BCUT2D eigenvalue weighted by Gasteiger charge is -2.18. The molecule has 5 nitrogen and oxygen atoms in total. The largest absolute Gasteiger partial charge is 0.507 e. The van der Waals surface area contributed by atoms with Gasteiger partial charge in [0.15, 0.2) is 5.82 Å². The standard InChI is InChI=1S/C19H20N4OS/c1-19(2,3)15-10-8-13(9-11-15)17-21-22-18(25)23(17)20-12-14-6-4-5-7-16(14)24/h4-12,24H,1-3H3,(H,22,25). The second-order valence-electron chi connectivity index (χ2n) is 6.79. The molecule has 2 N–H and O–H groups in total. The van der Waals surface area contributed by atoms with Crippen molar-refractivity contribution >= 4 is 18.4 Å². The van der Waals surface area contributed by atoms with Crippen LogP contribution in [0.3, 0.4) is 0 Å². The van der Waals surface area contributed by atoms with Gasteiger partial charge < -0.3 is 5.11 Å². The van der Waals surface area contributed by atoms with E-state index in [4.69, 9.17) is 12.2 Å². The quantitative estimate of drug-likeness (QED) is 0.539. The summed E-state index contributed by atoms with van der Waals surface area (Å²) in [6.45, 7) is 6.53. The van der Waals surface area contributed by atoms with Crippen molar-refractivity contribution in [3.63, 3.8) is 0 Å². The van der Waals surface area contributed by atoms with Gasteiger partial charge in [0.25, 0.3) is 0 Å². The minimum atomic E-state index is 0.0895. The molecule has 25 heavy (non-hydrogen) atoms. The van der Waals surface area contributed by atoms with E-state index in [9.17, 15) is 5.11 Å². The van der Waals surface area contributed by atoms with Gasteiger partial charge in [0.1, 0.15) is 5.75 Å². The first-order valence-corrected chi connectivity index (χ1v) is 8.38. The number of H-pyrrole nitrogens is 1. The molecule has 1 aromatic heterocycles. The first-order valence-electron chi connectivity index (χ1n) is 7.97. The topological polar surface area (TPSA) is 66.2 Å².